The molecule has 0 radical (unpaired) electrons. The summed E-state index contributed by atoms with van der Waals surface area (Å²) >= 11 is 0. The maximum absolute atomic E-state index is 14.3. The van der Waals surface area contributed by atoms with E-state index in [1.807, 2.05) is 6.07 Å². The van der Waals surface area contributed by atoms with Gasteiger partial charge < -0.3 is 5.32 Å². The maximum atomic E-state index is 14.3. The summed E-state index contributed by atoms with van der Waals surface area (Å²) in [5.41, 5.74) is 2.42. The fourth-order valence-corrected chi connectivity index (χ4v) is 3.66. The van der Waals surface area contributed by atoms with Gasteiger partial charge in [0.2, 0.25) is 0 Å². The zero-order valence-electron chi connectivity index (χ0n) is 14.0. The minimum absolute atomic E-state index is 0.0243. The van der Waals surface area contributed by atoms with Gasteiger partial charge in [-0.3, -0.25) is 0 Å². The number of hydrogen-bond donors (Lipinski definition) is 1. The van der Waals surface area contributed by atoms with Crippen molar-refractivity contribution in [3.05, 3.63) is 35.1 Å². The lowest BCUT2D eigenvalue weighted by Crippen LogP contribution is -2.35. The van der Waals surface area contributed by atoms with E-state index < -0.39 is 0 Å². The van der Waals surface area contributed by atoms with Crippen molar-refractivity contribution in [2.75, 3.05) is 13.1 Å². The molecule has 1 aromatic rings. The average molecular weight is 291 g/mol. The van der Waals surface area contributed by atoms with E-state index in [0.29, 0.717) is 17.3 Å². The molecule has 0 bridgehead atoms. The van der Waals surface area contributed by atoms with Crippen LogP contribution in [0.5, 0.6) is 0 Å². The van der Waals surface area contributed by atoms with Crippen LogP contribution in [0.2, 0.25) is 0 Å². The summed E-state index contributed by atoms with van der Waals surface area (Å²) in [5, 5.41) is 3.54. The Kier molecular flexibility index (Phi) is 5.43. The van der Waals surface area contributed by atoms with E-state index in [0.717, 1.165) is 37.1 Å². The molecule has 1 saturated carbocycles. The van der Waals surface area contributed by atoms with E-state index >= 15 is 0 Å². The minimum atomic E-state index is -0.0243. The molecular formula is C19H30FN. The Labute approximate surface area is 129 Å². The minimum Gasteiger partial charge on any atom is -0.316 e. The van der Waals surface area contributed by atoms with Crippen LogP contribution in [0.15, 0.2) is 18.2 Å². The number of halogens is 1. The number of aryl methyl sites for hydroxylation is 1. The molecule has 1 aliphatic rings. The lowest BCUT2D eigenvalue weighted by Gasteiger charge is -2.41. The molecule has 0 saturated heterocycles. The fraction of sp³-hybridized carbons (Fsp3) is 0.684. The van der Waals surface area contributed by atoms with Crippen LogP contribution in [0.25, 0.3) is 0 Å². The molecule has 0 aromatic heterocycles. The summed E-state index contributed by atoms with van der Waals surface area (Å²) in [6, 6.07) is 5.58. The van der Waals surface area contributed by atoms with E-state index in [4.69, 9.17) is 0 Å². The highest BCUT2D eigenvalue weighted by molar-refractivity contribution is 5.28. The second-order valence-corrected chi connectivity index (χ2v) is 7.50. The van der Waals surface area contributed by atoms with Crippen molar-refractivity contribution in [2.24, 2.45) is 11.3 Å². The smallest absolute Gasteiger partial charge is 0.126 e. The van der Waals surface area contributed by atoms with Gasteiger partial charge in [0, 0.05) is 0 Å². The lowest BCUT2D eigenvalue weighted by molar-refractivity contribution is 0.157. The van der Waals surface area contributed by atoms with Gasteiger partial charge in [0.15, 0.2) is 0 Å². The molecule has 0 heterocycles. The first-order chi connectivity index (χ1) is 9.93. The molecule has 1 N–H and O–H groups in total. The van der Waals surface area contributed by atoms with Crippen molar-refractivity contribution in [3.8, 4) is 0 Å². The molecular weight excluding hydrogens is 261 g/mol. The third kappa shape index (κ3) is 4.29. The van der Waals surface area contributed by atoms with E-state index in [9.17, 15) is 4.39 Å². The Morgan fingerprint density at radius 1 is 1.33 bits per heavy atom. The van der Waals surface area contributed by atoms with E-state index in [1.165, 1.54) is 12.8 Å². The quantitative estimate of drug-likeness (QED) is 0.749. The topological polar surface area (TPSA) is 12.0 Å². The van der Waals surface area contributed by atoms with Crippen LogP contribution in [-0.4, -0.2) is 13.1 Å². The van der Waals surface area contributed by atoms with Crippen molar-refractivity contribution in [3.63, 3.8) is 0 Å². The zero-order valence-corrected chi connectivity index (χ0v) is 14.0. The number of rotatable bonds is 5. The Hall–Kier alpha value is -0.890. The lowest BCUT2D eigenvalue weighted by atomic mass is 9.65. The molecule has 0 amide bonds. The van der Waals surface area contributed by atoms with E-state index in [2.05, 4.69) is 39.1 Å². The summed E-state index contributed by atoms with van der Waals surface area (Å²) in [5.74, 6) is 0.877. The van der Waals surface area contributed by atoms with Crippen LogP contribution in [0.1, 0.15) is 63.5 Å². The molecule has 118 valence electrons. The van der Waals surface area contributed by atoms with Gasteiger partial charge in [-0.2, -0.15) is 0 Å². The predicted octanol–water partition coefficient (Wildman–Crippen LogP) is 5.04. The predicted molar refractivity (Wildman–Crippen MR) is 88.2 cm³/mol. The van der Waals surface area contributed by atoms with Gasteiger partial charge in [0.1, 0.15) is 5.82 Å². The van der Waals surface area contributed by atoms with E-state index in [1.54, 1.807) is 6.07 Å². The van der Waals surface area contributed by atoms with Gasteiger partial charge in [-0.1, -0.05) is 38.5 Å². The highest BCUT2D eigenvalue weighted by Gasteiger charge is 2.36. The van der Waals surface area contributed by atoms with Gasteiger partial charge in [-0.05, 0) is 74.6 Å². The SMILES string of the molecule is CCCNCC1CCC(C)(C)CC1c1cc(C)ccc1F. The summed E-state index contributed by atoms with van der Waals surface area (Å²) in [6.07, 6.45) is 4.69. The number of nitrogens with one attached hydrogen (secondary N) is 1. The zero-order chi connectivity index (χ0) is 15.5. The monoisotopic (exact) mass is 291 g/mol. The molecule has 1 aliphatic carbocycles. The second-order valence-electron chi connectivity index (χ2n) is 7.50. The van der Waals surface area contributed by atoms with Crippen molar-refractivity contribution in [1.29, 1.82) is 0 Å². The van der Waals surface area contributed by atoms with Gasteiger partial charge in [0.05, 0.1) is 0 Å². The van der Waals surface area contributed by atoms with E-state index in [-0.39, 0.29) is 5.82 Å². The van der Waals surface area contributed by atoms with Crippen molar-refractivity contribution < 1.29 is 4.39 Å². The van der Waals surface area contributed by atoms with Crippen LogP contribution >= 0.6 is 0 Å². The third-order valence-corrected chi connectivity index (χ3v) is 4.92. The first-order valence-electron chi connectivity index (χ1n) is 8.40. The van der Waals surface area contributed by atoms with Crippen LogP contribution in [-0.2, 0) is 0 Å². The highest BCUT2D eigenvalue weighted by atomic mass is 19.1. The number of benzene rings is 1. The first kappa shape index (κ1) is 16.5. The Morgan fingerprint density at radius 2 is 2.10 bits per heavy atom. The van der Waals surface area contributed by atoms with Crippen LogP contribution < -0.4 is 5.32 Å². The van der Waals surface area contributed by atoms with Gasteiger partial charge >= 0.3 is 0 Å². The summed E-state index contributed by atoms with van der Waals surface area (Å²) < 4.78 is 14.3. The molecule has 2 unspecified atom stereocenters. The molecule has 2 rings (SSSR count). The molecule has 21 heavy (non-hydrogen) atoms. The molecule has 0 spiro atoms. The summed E-state index contributed by atoms with van der Waals surface area (Å²) in [4.78, 5) is 0. The molecule has 2 heteroatoms. The highest BCUT2D eigenvalue weighted by Crippen LogP contribution is 2.47. The molecule has 1 aromatic carbocycles. The van der Waals surface area contributed by atoms with Gasteiger partial charge in [-0.15, -0.1) is 0 Å². The Morgan fingerprint density at radius 3 is 2.81 bits per heavy atom. The summed E-state index contributed by atoms with van der Waals surface area (Å²) in [6.45, 7) is 11.0. The van der Waals surface area contributed by atoms with Crippen LogP contribution in [0.3, 0.4) is 0 Å². The van der Waals surface area contributed by atoms with Crippen LogP contribution in [0, 0.1) is 24.1 Å². The second kappa shape index (κ2) is 6.91. The number of hydrogen-bond acceptors (Lipinski definition) is 1. The average Bonchev–Trinajstić information content (AvgIpc) is 2.43. The molecule has 0 aliphatic heterocycles. The van der Waals surface area contributed by atoms with Gasteiger partial charge in [0.25, 0.3) is 0 Å². The molecule has 2 atom stereocenters. The molecule has 1 nitrogen and oxygen atoms in total. The fourth-order valence-electron chi connectivity index (χ4n) is 3.66. The standard InChI is InChI=1S/C19H30FN/c1-5-10-21-13-15-8-9-19(3,4)12-17(15)16-11-14(2)6-7-18(16)20/h6-7,11,15,17,21H,5,8-10,12-13H2,1-4H3. The Bertz CT molecular complexity index is 467. The maximum Gasteiger partial charge on any atom is 0.126 e. The normalized spacial score (nSPS) is 25.0. The first-order valence-corrected chi connectivity index (χ1v) is 8.40. The van der Waals surface area contributed by atoms with Crippen molar-refractivity contribution in [1.82, 2.24) is 5.32 Å². The molecule has 1 fully saturated rings. The van der Waals surface area contributed by atoms with Crippen molar-refractivity contribution >= 4 is 0 Å². The van der Waals surface area contributed by atoms with Gasteiger partial charge in [-0.25, -0.2) is 4.39 Å². The Balaban J connectivity index is 2.22. The van der Waals surface area contributed by atoms with Crippen LogP contribution in [0.4, 0.5) is 4.39 Å². The van der Waals surface area contributed by atoms with Crippen molar-refractivity contribution in [2.45, 2.75) is 59.3 Å². The largest absolute Gasteiger partial charge is 0.316 e. The summed E-state index contributed by atoms with van der Waals surface area (Å²) in [7, 11) is 0. The third-order valence-electron chi connectivity index (χ3n) is 4.92.